The zero-order chi connectivity index (χ0) is 13.7. The van der Waals surface area contributed by atoms with Crippen LogP contribution in [0.4, 0.5) is 11.5 Å². The number of nitrogens with one attached hydrogen (secondary N) is 1. The quantitative estimate of drug-likeness (QED) is 0.876. The molecule has 1 aromatic carbocycles. The molecule has 0 aliphatic heterocycles. The number of benzene rings is 1. The number of hydrogen-bond donors (Lipinski definition) is 2. The molecule has 2 aromatic rings. The minimum Gasteiger partial charge on any atom is -0.397 e. The van der Waals surface area contributed by atoms with E-state index < -0.39 is 0 Å². The summed E-state index contributed by atoms with van der Waals surface area (Å²) in [4.78, 5) is 4.20. The first-order chi connectivity index (χ1) is 9.24. The van der Waals surface area contributed by atoms with Gasteiger partial charge in [-0.05, 0) is 18.1 Å². The van der Waals surface area contributed by atoms with Gasteiger partial charge in [0.15, 0.2) is 0 Å². The fraction of sp³-hybridized carbons (Fsp3) is 0.200. The molecule has 1 atom stereocenters. The Morgan fingerprint density at radius 1 is 1.37 bits per heavy atom. The lowest BCUT2D eigenvalue weighted by atomic mass is 10.0. The summed E-state index contributed by atoms with van der Waals surface area (Å²) in [6, 6.07) is 14.0. The van der Waals surface area contributed by atoms with Crippen LogP contribution in [0.5, 0.6) is 0 Å². The molecule has 19 heavy (non-hydrogen) atoms. The number of nitrogens with two attached hydrogens (primary N) is 1. The van der Waals surface area contributed by atoms with Crippen molar-refractivity contribution in [1.82, 2.24) is 4.98 Å². The van der Waals surface area contributed by atoms with Crippen LogP contribution in [0.2, 0.25) is 0 Å². The number of aromatic nitrogens is 1. The number of nitriles is 1. The van der Waals surface area contributed by atoms with Crippen LogP contribution in [0.25, 0.3) is 0 Å². The maximum Gasteiger partial charge on any atom is 0.144 e. The normalized spacial score (nSPS) is 11.6. The average Bonchev–Trinajstić information content (AvgIpc) is 2.46. The second-order valence-corrected chi connectivity index (χ2v) is 4.29. The van der Waals surface area contributed by atoms with Crippen LogP contribution in [-0.4, -0.2) is 4.98 Å². The first-order valence-electron chi connectivity index (χ1n) is 6.21. The van der Waals surface area contributed by atoms with Gasteiger partial charge in [0.2, 0.25) is 0 Å². The molecule has 0 aliphatic rings. The lowest BCUT2D eigenvalue weighted by Crippen LogP contribution is -2.12. The van der Waals surface area contributed by atoms with Gasteiger partial charge >= 0.3 is 0 Å². The van der Waals surface area contributed by atoms with Gasteiger partial charge in [-0.1, -0.05) is 37.3 Å². The Morgan fingerprint density at radius 3 is 2.74 bits per heavy atom. The molecule has 0 saturated heterocycles. The third-order valence-electron chi connectivity index (χ3n) is 2.95. The molecule has 4 heteroatoms. The van der Waals surface area contributed by atoms with Gasteiger partial charge < -0.3 is 11.1 Å². The Hall–Kier alpha value is -2.54. The highest BCUT2D eigenvalue weighted by Gasteiger charge is 2.12. The van der Waals surface area contributed by atoms with E-state index >= 15 is 0 Å². The van der Waals surface area contributed by atoms with Crippen LogP contribution in [0, 0.1) is 11.3 Å². The molecule has 0 radical (unpaired) electrons. The summed E-state index contributed by atoms with van der Waals surface area (Å²) >= 11 is 0. The third kappa shape index (κ3) is 3.02. The molecule has 2 rings (SSSR count). The van der Waals surface area contributed by atoms with Gasteiger partial charge in [0.05, 0.1) is 23.5 Å². The summed E-state index contributed by atoms with van der Waals surface area (Å²) in [5, 5.41) is 12.4. The van der Waals surface area contributed by atoms with Crippen molar-refractivity contribution >= 4 is 11.5 Å². The van der Waals surface area contributed by atoms with Gasteiger partial charge in [-0.25, -0.2) is 4.98 Å². The maximum absolute atomic E-state index is 9.11. The molecule has 0 fully saturated rings. The fourth-order valence-electron chi connectivity index (χ4n) is 1.95. The van der Waals surface area contributed by atoms with Crippen molar-refractivity contribution in [3.05, 3.63) is 53.7 Å². The zero-order valence-electron chi connectivity index (χ0n) is 10.8. The third-order valence-corrected chi connectivity index (χ3v) is 2.95. The summed E-state index contributed by atoms with van der Waals surface area (Å²) in [5.41, 5.74) is 7.77. The van der Waals surface area contributed by atoms with E-state index in [0.29, 0.717) is 17.1 Å². The van der Waals surface area contributed by atoms with Crippen molar-refractivity contribution < 1.29 is 0 Å². The van der Waals surface area contributed by atoms with Crippen LogP contribution in [0.15, 0.2) is 42.6 Å². The van der Waals surface area contributed by atoms with Gasteiger partial charge in [0.25, 0.3) is 0 Å². The number of nitrogen functional groups attached to an aromatic ring is 1. The lowest BCUT2D eigenvalue weighted by Gasteiger charge is -2.18. The molecule has 0 spiro atoms. The van der Waals surface area contributed by atoms with Crippen LogP contribution < -0.4 is 11.1 Å². The molecule has 0 amide bonds. The van der Waals surface area contributed by atoms with E-state index in [-0.39, 0.29) is 6.04 Å². The number of rotatable bonds is 4. The maximum atomic E-state index is 9.11. The highest BCUT2D eigenvalue weighted by atomic mass is 15.0. The molecule has 0 bridgehead atoms. The van der Waals surface area contributed by atoms with Gasteiger partial charge in [-0.3, -0.25) is 0 Å². The molecular weight excluding hydrogens is 236 g/mol. The molecule has 3 N–H and O–H groups in total. The molecule has 4 nitrogen and oxygen atoms in total. The summed E-state index contributed by atoms with van der Waals surface area (Å²) in [6.07, 6.45) is 2.46. The van der Waals surface area contributed by atoms with Crippen LogP contribution >= 0.6 is 0 Å². The minimum absolute atomic E-state index is 0.129. The molecule has 0 aliphatic carbocycles. The van der Waals surface area contributed by atoms with E-state index in [1.165, 1.54) is 5.56 Å². The van der Waals surface area contributed by atoms with Crippen molar-refractivity contribution in [2.24, 2.45) is 0 Å². The number of anilines is 2. The predicted molar refractivity (Wildman–Crippen MR) is 76.5 cm³/mol. The predicted octanol–water partition coefficient (Wildman–Crippen LogP) is 3.10. The number of hydrogen-bond acceptors (Lipinski definition) is 4. The molecule has 0 saturated carbocycles. The monoisotopic (exact) mass is 252 g/mol. The molecule has 1 aromatic heterocycles. The minimum atomic E-state index is 0.129. The Balaban J connectivity index is 2.27. The van der Waals surface area contributed by atoms with E-state index in [1.54, 1.807) is 12.3 Å². The first-order valence-corrected chi connectivity index (χ1v) is 6.21. The Bertz CT molecular complexity index is 587. The van der Waals surface area contributed by atoms with E-state index in [4.69, 9.17) is 11.0 Å². The van der Waals surface area contributed by atoms with Crippen LogP contribution in [0.3, 0.4) is 0 Å². The highest BCUT2D eigenvalue weighted by molar-refractivity contribution is 5.58. The zero-order valence-corrected chi connectivity index (χ0v) is 10.8. The van der Waals surface area contributed by atoms with Crippen molar-refractivity contribution in [2.75, 3.05) is 11.1 Å². The Kier molecular flexibility index (Phi) is 3.99. The van der Waals surface area contributed by atoms with Crippen molar-refractivity contribution in [3.8, 4) is 6.07 Å². The average molecular weight is 252 g/mol. The van der Waals surface area contributed by atoms with Gasteiger partial charge in [0.1, 0.15) is 11.9 Å². The van der Waals surface area contributed by atoms with Gasteiger partial charge in [-0.15, -0.1) is 0 Å². The topological polar surface area (TPSA) is 74.7 Å². The van der Waals surface area contributed by atoms with Crippen molar-refractivity contribution in [3.63, 3.8) is 0 Å². The molecule has 96 valence electrons. The first kappa shape index (κ1) is 12.9. The van der Waals surface area contributed by atoms with Crippen LogP contribution in [-0.2, 0) is 0 Å². The summed E-state index contributed by atoms with van der Waals surface area (Å²) in [7, 11) is 0. The van der Waals surface area contributed by atoms with Crippen molar-refractivity contribution in [2.45, 2.75) is 19.4 Å². The number of pyridine rings is 1. The summed E-state index contributed by atoms with van der Waals surface area (Å²) in [6.45, 7) is 2.09. The second-order valence-electron chi connectivity index (χ2n) is 4.29. The Labute approximate surface area is 112 Å². The Morgan fingerprint density at radius 2 is 2.11 bits per heavy atom. The fourth-order valence-corrected chi connectivity index (χ4v) is 1.95. The molecule has 1 heterocycles. The van der Waals surface area contributed by atoms with E-state index in [9.17, 15) is 0 Å². The molecule has 1 unspecified atom stereocenters. The molecular formula is C15H16N4. The highest BCUT2D eigenvalue weighted by Crippen LogP contribution is 2.23. The standard InChI is InChI=1S/C15H16N4/c1-2-14(11-6-4-3-5-7-11)19-15-12(9-16)8-13(17)10-18-15/h3-8,10,14H,2,17H2,1H3,(H,18,19). The largest absolute Gasteiger partial charge is 0.397 e. The SMILES string of the molecule is CCC(Nc1ncc(N)cc1C#N)c1ccccc1. The van der Waals surface area contributed by atoms with E-state index in [1.807, 2.05) is 18.2 Å². The van der Waals surface area contributed by atoms with Crippen LogP contribution in [0.1, 0.15) is 30.5 Å². The smallest absolute Gasteiger partial charge is 0.144 e. The second kappa shape index (κ2) is 5.87. The van der Waals surface area contributed by atoms with E-state index in [2.05, 4.69) is 35.4 Å². The van der Waals surface area contributed by atoms with Gasteiger partial charge in [0, 0.05) is 0 Å². The van der Waals surface area contributed by atoms with Crippen molar-refractivity contribution in [1.29, 1.82) is 5.26 Å². The van der Waals surface area contributed by atoms with E-state index in [0.717, 1.165) is 6.42 Å². The van der Waals surface area contributed by atoms with Gasteiger partial charge in [-0.2, -0.15) is 5.26 Å². The number of nitrogens with zero attached hydrogens (tertiary/aromatic N) is 2. The lowest BCUT2D eigenvalue weighted by molar-refractivity contribution is 0.744. The summed E-state index contributed by atoms with van der Waals surface area (Å²) < 4.78 is 0. The summed E-state index contributed by atoms with van der Waals surface area (Å²) in [5.74, 6) is 0.576.